The van der Waals surface area contributed by atoms with Crippen LogP contribution in [0.2, 0.25) is 0 Å². The maximum Gasteiger partial charge on any atom is 0.416 e. The molecule has 0 saturated carbocycles. The molecule has 0 aromatic heterocycles. The van der Waals surface area contributed by atoms with E-state index in [1.807, 2.05) is 84.9 Å². The minimum atomic E-state index is -4.40. The maximum atomic E-state index is 13.4. The van der Waals surface area contributed by atoms with Gasteiger partial charge < -0.3 is 15.0 Å². The quantitative estimate of drug-likeness (QED) is 0.267. The number of alkyl halides is 3. The number of methoxy groups -OCH3 is 1. The van der Waals surface area contributed by atoms with E-state index in [9.17, 15) is 18.0 Å². The Labute approximate surface area is 238 Å². The highest BCUT2D eigenvalue weighted by atomic mass is 19.4. The molecule has 1 aliphatic rings. The van der Waals surface area contributed by atoms with Crippen LogP contribution in [0.25, 0.3) is 0 Å². The normalized spacial score (nSPS) is 15.0. The fraction of sp³-hybridized carbons (Fsp3) is 0.242. The summed E-state index contributed by atoms with van der Waals surface area (Å²) in [7, 11) is 1.59. The van der Waals surface area contributed by atoms with Crippen molar-refractivity contribution in [1.29, 1.82) is 0 Å². The Hall–Kier alpha value is -4.30. The minimum Gasteiger partial charge on any atom is -0.497 e. The molecule has 4 aromatic carbocycles. The molecule has 1 N–H and O–H groups in total. The van der Waals surface area contributed by atoms with Crippen LogP contribution in [-0.2, 0) is 6.18 Å². The SMILES string of the molecule is COc1ccc(C(c2ccc(C(F)(F)F)cc2)N2CCN(C(=O)NC(c3ccccc3)c3ccccc3)CC2)cc1. The number of piperazine rings is 1. The van der Waals surface area contributed by atoms with Crippen molar-refractivity contribution in [3.05, 3.63) is 137 Å². The van der Waals surface area contributed by atoms with Crippen LogP contribution in [0.4, 0.5) is 18.0 Å². The first-order chi connectivity index (χ1) is 19.8. The van der Waals surface area contributed by atoms with Crippen molar-refractivity contribution in [2.24, 2.45) is 0 Å². The molecule has 1 heterocycles. The van der Waals surface area contributed by atoms with Crippen LogP contribution >= 0.6 is 0 Å². The Kier molecular flexibility index (Phi) is 8.59. The van der Waals surface area contributed by atoms with E-state index in [-0.39, 0.29) is 18.1 Å². The third kappa shape index (κ3) is 6.72. The zero-order valence-corrected chi connectivity index (χ0v) is 22.7. The van der Waals surface area contributed by atoms with Crippen LogP contribution in [0.15, 0.2) is 109 Å². The maximum absolute atomic E-state index is 13.4. The average Bonchev–Trinajstić information content (AvgIpc) is 3.01. The Bertz CT molecular complexity index is 1370. The van der Waals surface area contributed by atoms with Gasteiger partial charge >= 0.3 is 12.2 Å². The second-order valence-electron chi connectivity index (χ2n) is 10.0. The van der Waals surface area contributed by atoms with Gasteiger partial charge in [0, 0.05) is 26.2 Å². The molecule has 0 radical (unpaired) electrons. The molecule has 212 valence electrons. The number of carbonyl (C=O) groups is 1. The lowest BCUT2D eigenvalue weighted by Gasteiger charge is -2.40. The number of urea groups is 1. The van der Waals surface area contributed by atoms with Gasteiger partial charge in [-0.25, -0.2) is 4.79 Å². The predicted octanol–water partition coefficient (Wildman–Crippen LogP) is 6.92. The van der Waals surface area contributed by atoms with Crippen LogP contribution in [0.1, 0.15) is 39.9 Å². The predicted molar refractivity (Wildman–Crippen MR) is 153 cm³/mol. The lowest BCUT2D eigenvalue weighted by atomic mass is 9.95. The number of hydrogen-bond donors (Lipinski definition) is 1. The van der Waals surface area contributed by atoms with Gasteiger partial charge in [0.15, 0.2) is 0 Å². The number of rotatable bonds is 7. The van der Waals surface area contributed by atoms with E-state index < -0.39 is 11.7 Å². The standard InChI is InChI=1S/C33H32F3N3O2/c1-41-29-18-14-27(15-19-29)31(26-12-16-28(17-13-26)33(34,35)36)38-20-22-39(23-21-38)32(40)37-30(24-8-4-2-5-9-24)25-10-6-3-7-11-25/h2-19,30-31H,20-23H2,1H3,(H,37,40). The van der Waals surface area contributed by atoms with Gasteiger partial charge in [0.25, 0.3) is 0 Å². The number of hydrogen-bond acceptors (Lipinski definition) is 3. The van der Waals surface area contributed by atoms with E-state index in [2.05, 4.69) is 10.2 Å². The summed E-state index contributed by atoms with van der Waals surface area (Å²) < 4.78 is 45.0. The highest BCUT2D eigenvalue weighted by Crippen LogP contribution is 2.34. The number of nitrogens with one attached hydrogen (secondary N) is 1. The van der Waals surface area contributed by atoms with Crippen molar-refractivity contribution in [2.45, 2.75) is 18.3 Å². The van der Waals surface area contributed by atoms with Crippen molar-refractivity contribution in [3.8, 4) is 5.75 Å². The third-order valence-corrected chi connectivity index (χ3v) is 7.49. The molecule has 1 fully saturated rings. The molecule has 1 aliphatic heterocycles. The number of nitrogens with zero attached hydrogens (tertiary/aromatic N) is 2. The molecule has 8 heteroatoms. The van der Waals surface area contributed by atoms with Crippen molar-refractivity contribution in [2.75, 3.05) is 33.3 Å². The molecule has 0 spiro atoms. The lowest BCUT2D eigenvalue weighted by molar-refractivity contribution is -0.137. The minimum absolute atomic E-state index is 0.155. The van der Waals surface area contributed by atoms with Gasteiger partial charge in [-0.1, -0.05) is 84.9 Å². The molecule has 5 rings (SSSR count). The van der Waals surface area contributed by atoms with Gasteiger partial charge in [0.1, 0.15) is 5.75 Å². The number of halogens is 3. The summed E-state index contributed by atoms with van der Waals surface area (Å²) >= 11 is 0. The Balaban J connectivity index is 1.33. The monoisotopic (exact) mass is 559 g/mol. The highest BCUT2D eigenvalue weighted by molar-refractivity contribution is 5.75. The van der Waals surface area contributed by atoms with Crippen LogP contribution in [0.3, 0.4) is 0 Å². The summed E-state index contributed by atoms with van der Waals surface area (Å²) in [5.41, 5.74) is 3.01. The van der Waals surface area contributed by atoms with Crippen molar-refractivity contribution in [1.82, 2.24) is 15.1 Å². The van der Waals surface area contributed by atoms with E-state index in [1.54, 1.807) is 24.1 Å². The zero-order chi connectivity index (χ0) is 28.8. The molecule has 1 atom stereocenters. The fourth-order valence-electron chi connectivity index (χ4n) is 5.30. The topological polar surface area (TPSA) is 44.8 Å². The van der Waals surface area contributed by atoms with Gasteiger partial charge in [0.2, 0.25) is 0 Å². The molecule has 5 nitrogen and oxygen atoms in total. The third-order valence-electron chi connectivity index (χ3n) is 7.49. The Morgan fingerprint density at radius 1 is 0.707 bits per heavy atom. The zero-order valence-electron chi connectivity index (χ0n) is 22.7. The average molecular weight is 560 g/mol. The molecule has 41 heavy (non-hydrogen) atoms. The molecule has 0 aliphatic carbocycles. The summed E-state index contributed by atoms with van der Waals surface area (Å²) in [5.74, 6) is 0.702. The molecule has 0 bridgehead atoms. The smallest absolute Gasteiger partial charge is 0.416 e. The first kappa shape index (κ1) is 28.2. The van der Waals surface area contributed by atoms with E-state index in [0.29, 0.717) is 31.9 Å². The molecule has 1 saturated heterocycles. The Morgan fingerprint density at radius 3 is 1.66 bits per heavy atom. The van der Waals surface area contributed by atoms with Crippen molar-refractivity contribution >= 4 is 6.03 Å². The summed E-state index contributed by atoms with van der Waals surface area (Å²) in [4.78, 5) is 17.5. The van der Waals surface area contributed by atoms with E-state index >= 15 is 0 Å². The number of benzene rings is 4. The molecule has 2 amide bonds. The van der Waals surface area contributed by atoms with Crippen molar-refractivity contribution in [3.63, 3.8) is 0 Å². The highest BCUT2D eigenvalue weighted by Gasteiger charge is 2.32. The largest absolute Gasteiger partial charge is 0.497 e. The van der Waals surface area contributed by atoms with Gasteiger partial charge in [0.05, 0.1) is 24.8 Å². The van der Waals surface area contributed by atoms with Gasteiger partial charge in [-0.15, -0.1) is 0 Å². The van der Waals surface area contributed by atoms with Crippen LogP contribution < -0.4 is 10.1 Å². The van der Waals surface area contributed by atoms with E-state index in [1.165, 1.54) is 0 Å². The second kappa shape index (κ2) is 12.5. The number of amides is 2. The molecular weight excluding hydrogens is 527 g/mol. The second-order valence-corrected chi connectivity index (χ2v) is 10.0. The molecular formula is C33H32F3N3O2. The van der Waals surface area contributed by atoms with Crippen LogP contribution in [0.5, 0.6) is 5.75 Å². The van der Waals surface area contributed by atoms with Crippen LogP contribution in [-0.4, -0.2) is 49.1 Å². The molecule has 1 unspecified atom stereocenters. The van der Waals surface area contributed by atoms with Gasteiger partial charge in [-0.3, -0.25) is 4.90 Å². The van der Waals surface area contributed by atoms with E-state index in [0.717, 1.165) is 34.4 Å². The lowest BCUT2D eigenvalue weighted by Crippen LogP contribution is -2.53. The number of carbonyl (C=O) groups excluding carboxylic acids is 1. The Morgan fingerprint density at radius 2 is 1.20 bits per heavy atom. The summed E-state index contributed by atoms with van der Waals surface area (Å²) in [5, 5.41) is 3.21. The summed E-state index contributed by atoms with van der Waals surface area (Å²) in [6.45, 7) is 2.09. The fourth-order valence-corrected chi connectivity index (χ4v) is 5.30. The summed E-state index contributed by atoms with van der Waals surface area (Å²) in [6, 6.07) is 31.9. The van der Waals surface area contributed by atoms with Gasteiger partial charge in [-0.05, 0) is 46.5 Å². The summed E-state index contributed by atoms with van der Waals surface area (Å²) in [6.07, 6.45) is -4.40. The van der Waals surface area contributed by atoms with Crippen LogP contribution in [0, 0.1) is 0 Å². The first-order valence-electron chi connectivity index (χ1n) is 13.5. The van der Waals surface area contributed by atoms with E-state index in [4.69, 9.17) is 4.74 Å². The van der Waals surface area contributed by atoms with Crippen molar-refractivity contribution < 1.29 is 22.7 Å². The number of ether oxygens (including phenoxy) is 1. The molecule has 4 aromatic rings. The van der Waals surface area contributed by atoms with Gasteiger partial charge in [-0.2, -0.15) is 13.2 Å². The first-order valence-corrected chi connectivity index (χ1v) is 13.5.